The molecule has 0 amide bonds. The summed E-state index contributed by atoms with van der Waals surface area (Å²) in [4.78, 5) is 10.5. The highest BCUT2D eigenvalue weighted by Crippen LogP contribution is 2.45. The van der Waals surface area contributed by atoms with Crippen molar-refractivity contribution in [2.45, 2.75) is 83.8 Å². The molecule has 1 atom stereocenters. The Hall–Kier alpha value is -5.63. The van der Waals surface area contributed by atoms with E-state index in [4.69, 9.17) is 4.99 Å². The fraction of sp³-hybridized carbons (Fsp3) is 0.353. The van der Waals surface area contributed by atoms with Crippen LogP contribution in [0.15, 0.2) is 77.8 Å². The second kappa shape index (κ2) is 16.4. The lowest BCUT2D eigenvalue weighted by molar-refractivity contribution is -0.0213. The molecule has 0 bridgehead atoms. The number of fused-ring (bicyclic) bond motifs is 4. The number of anilines is 1. The Morgan fingerprint density at radius 1 is 0.781 bits per heavy atom. The van der Waals surface area contributed by atoms with Crippen LogP contribution in [-0.2, 0) is 6.42 Å². The number of hydrogen-bond acceptors (Lipinski definition) is 8. The van der Waals surface area contributed by atoms with Crippen molar-refractivity contribution in [3.63, 3.8) is 0 Å². The van der Waals surface area contributed by atoms with Gasteiger partial charge in [-0.15, -0.1) is 21.5 Å². The van der Waals surface area contributed by atoms with Crippen LogP contribution in [0.3, 0.4) is 0 Å². The number of thiophene rings is 1. The van der Waals surface area contributed by atoms with Crippen LogP contribution in [0, 0.1) is 44.0 Å². The van der Waals surface area contributed by atoms with Gasteiger partial charge in [0.25, 0.3) is 0 Å². The number of β-amino-alcohol motifs (C(OH)–C–C–N with tert-alkyl or cyclic N) is 1. The first kappa shape index (κ1) is 42.3. The number of phenolic OH excluding ortho intramolecular Hbond substituents is 1. The third-order valence-corrected chi connectivity index (χ3v) is 15.2. The normalized spacial score (nSPS) is 19.0. The number of aromatic nitrogens is 3. The van der Waals surface area contributed by atoms with Crippen LogP contribution in [0.4, 0.5) is 23.2 Å². The van der Waals surface area contributed by atoms with Crippen molar-refractivity contribution >= 4 is 33.9 Å². The van der Waals surface area contributed by atoms with E-state index in [0.29, 0.717) is 105 Å². The van der Waals surface area contributed by atoms with Crippen molar-refractivity contribution in [1.82, 2.24) is 19.7 Å². The number of phenols is 1. The Bertz CT molecular complexity index is 2850. The fourth-order valence-corrected chi connectivity index (χ4v) is 11.6. The van der Waals surface area contributed by atoms with Crippen LogP contribution in [0.1, 0.15) is 112 Å². The van der Waals surface area contributed by atoms with Crippen molar-refractivity contribution < 1.29 is 27.8 Å². The molecule has 8 nitrogen and oxygen atoms in total. The predicted molar refractivity (Wildman–Crippen MR) is 244 cm³/mol. The fourth-order valence-electron chi connectivity index (χ4n) is 10.4. The molecule has 10 rings (SSSR count). The zero-order valence-corrected chi connectivity index (χ0v) is 37.2. The lowest BCUT2D eigenvalue weighted by Gasteiger charge is -2.43. The minimum atomic E-state index is -0.918. The van der Waals surface area contributed by atoms with E-state index >= 15 is 13.2 Å². The van der Waals surface area contributed by atoms with Gasteiger partial charge in [0.2, 0.25) is 0 Å². The lowest BCUT2D eigenvalue weighted by Crippen LogP contribution is -2.52. The zero-order valence-electron chi connectivity index (χ0n) is 36.4. The Kier molecular flexibility index (Phi) is 10.9. The van der Waals surface area contributed by atoms with E-state index in [0.717, 1.165) is 49.5 Å². The maximum Gasteiger partial charge on any atom is 0.162 e. The number of allylic oxidation sites excluding steroid dienone is 1. The highest BCUT2D eigenvalue weighted by atomic mass is 32.1. The van der Waals surface area contributed by atoms with Crippen LogP contribution in [-0.4, -0.2) is 73.9 Å². The molecule has 2 saturated heterocycles. The minimum Gasteiger partial charge on any atom is -0.508 e. The van der Waals surface area contributed by atoms with Crippen LogP contribution in [0.5, 0.6) is 5.75 Å². The molecule has 64 heavy (non-hydrogen) atoms. The summed E-state index contributed by atoms with van der Waals surface area (Å²) < 4.78 is 65.0. The standard InChI is InChI=1S/C51H50F4N6O2S/c1-28-30(3)64-50-45(28)48(56-29(2)49-58-57-31(4)61(49)50)41-13-10-37(26-42(41)53)60-21-17-51(63,18-22-60)27-59-19-15-32(16-20-59)35-24-43(54)47(44(55)25-35)46-39(33-5-8-36(52)9-6-33)12-7-34-23-38(62)11-14-40(34)46/h5-6,8-11,13-14,23-26,29,32,62-63H,7,12,15-22,27H2,1-4H3/t29-/m0/s1. The molecule has 0 unspecified atom stereocenters. The van der Waals surface area contributed by atoms with Gasteiger partial charge >= 0.3 is 0 Å². The largest absolute Gasteiger partial charge is 0.508 e. The Labute approximate surface area is 374 Å². The third kappa shape index (κ3) is 7.54. The molecule has 4 aliphatic rings. The number of piperidine rings is 2. The van der Waals surface area contributed by atoms with Gasteiger partial charge in [-0.1, -0.05) is 18.2 Å². The summed E-state index contributed by atoms with van der Waals surface area (Å²) in [5.74, 6) is -0.513. The summed E-state index contributed by atoms with van der Waals surface area (Å²) in [5, 5.41) is 31.7. The van der Waals surface area contributed by atoms with E-state index in [-0.39, 0.29) is 29.1 Å². The first-order valence-electron chi connectivity index (χ1n) is 22.2. The summed E-state index contributed by atoms with van der Waals surface area (Å²) in [6.45, 7) is 11.0. The number of hydrogen-bond donors (Lipinski definition) is 2. The molecule has 1 aliphatic carbocycles. The van der Waals surface area contributed by atoms with Crippen molar-refractivity contribution in [2.24, 2.45) is 4.99 Å². The summed E-state index contributed by atoms with van der Waals surface area (Å²) in [6.07, 6.45) is 3.47. The van der Waals surface area contributed by atoms with Crippen LogP contribution in [0.25, 0.3) is 16.1 Å². The number of aliphatic imine (C=N–C) groups is 1. The topological polar surface area (TPSA) is 90.0 Å². The SMILES string of the molecule is Cc1sc2c(c1C)C(c1ccc(N3CCC(O)(CN4CCC(c5cc(F)c(C6=C(c7ccc(F)cc7)CCc7cc(O)ccc76)c(F)c5)CC4)CC3)cc1F)=N[C@@H](C)c1nnc(C)n1-2. The Morgan fingerprint density at radius 2 is 1.48 bits per heavy atom. The summed E-state index contributed by atoms with van der Waals surface area (Å²) >= 11 is 1.64. The minimum absolute atomic E-state index is 0.0555. The van der Waals surface area contributed by atoms with Gasteiger partial charge in [-0.05, 0) is 179 Å². The number of aryl methyl sites for hydroxylation is 3. The smallest absolute Gasteiger partial charge is 0.162 e. The van der Waals surface area contributed by atoms with Crippen LogP contribution >= 0.6 is 11.3 Å². The molecule has 330 valence electrons. The molecular weight excluding hydrogens is 837 g/mol. The van der Waals surface area contributed by atoms with E-state index in [9.17, 15) is 14.6 Å². The van der Waals surface area contributed by atoms with Gasteiger partial charge in [0.1, 0.15) is 45.9 Å². The van der Waals surface area contributed by atoms with E-state index in [2.05, 4.69) is 33.8 Å². The molecule has 6 aromatic rings. The quantitative estimate of drug-likeness (QED) is 0.155. The van der Waals surface area contributed by atoms with Crippen LogP contribution in [0.2, 0.25) is 0 Å². The van der Waals surface area contributed by atoms with Gasteiger partial charge in [-0.3, -0.25) is 9.56 Å². The van der Waals surface area contributed by atoms with Gasteiger partial charge in [0.15, 0.2) is 5.82 Å². The van der Waals surface area contributed by atoms with Crippen molar-refractivity contribution in [2.75, 3.05) is 37.6 Å². The first-order valence-corrected chi connectivity index (χ1v) is 23.0. The third-order valence-electron chi connectivity index (χ3n) is 14.0. The monoisotopic (exact) mass is 886 g/mol. The van der Waals surface area contributed by atoms with Gasteiger partial charge in [-0.25, -0.2) is 17.6 Å². The molecule has 5 heterocycles. The average molecular weight is 887 g/mol. The second-order valence-electron chi connectivity index (χ2n) is 18.0. The number of aromatic hydroxyl groups is 1. The van der Waals surface area contributed by atoms with Crippen molar-refractivity contribution in [3.8, 4) is 10.8 Å². The highest BCUT2D eigenvalue weighted by Gasteiger charge is 2.37. The molecule has 2 fully saturated rings. The van der Waals surface area contributed by atoms with Gasteiger partial charge < -0.3 is 20.0 Å². The van der Waals surface area contributed by atoms with E-state index in [1.807, 2.05) is 30.5 Å². The first-order chi connectivity index (χ1) is 30.7. The van der Waals surface area contributed by atoms with Gasteiger partial charge in [0, 0.05) is 41.3 Å². The van der Waals surface area contributed by atoms with E-state index in [1.54, 1.807) is 41.7 Å². The predicted octanol–water partition coefficient (Wildman–Crippen LogP) is 10.5. The Balaban J connectivity index is 0.802. The molecule has 4 aromatic carbocycles. The number of aliphatic hydroxyl groups is 1. The molecule has 0 saturated carbocycles. The van der Waals surface area contributed by atoms with Crippen LogP contribution < -0.4 is 4.90 Å². The molecule has 3 aliphatic heterocycles. The summed E-state index contributed by atoms with van der Waals surface area (Å²) in [6, 6.07) is 18.8. The van der Waals surface area contributed by atoms with Crippen molar-refractivity contribution in [3.05, 3.63) is 157 Å². The molecule has 0 spiro atoms. The molecule has 2 aromatic heterocycles. The molecular formula is C51H50F4N6O2S. The maximum atomic E-state index is 16.4. The highest BCUT2D eigenvalue weighted by molar-refractivity contribution is 7.15. The summed E-state index contributed by atoms with van der Waals surface area (Å²) in [5.41, 5.74) is 6.66. The van der Waals surface area contributed by atoms with Gasteiger partial charge in [0.05, 0.1) is 16.9 Å². The summed E-state index contributed by atoms with van der Waals surface area (Å²) in [7, 11) is 0. The Morgan fingerprint density at radius 3 is 2.19 bits per heavy atom. The average Bonchev–Trinajstić information content (AvgIpc) is 3.76. The molecule has 2 N–H and O–H groups in total. The number of nitrogens with zero attached hydrogens (tertiary/aromatic N) is 6. The van der Waals surface area contributed by atoms with E-state index < -0.39 is 23.1 Å². The molecule has 13 heteroatoms. The molecule has 0 radical (unpaired) electrons. The maximum absolute atomic E-state index is 16.4. The second-order valence-corrected chi connectivity index (χ2v) is 19.2. The number of halogens is 4. The number of rotatable bonds is 7. The lowest BCUT2D eigenvalue weighted by atomic mass is 9.78. The van der Waals surface area contributed by atoms with Crippen molar-refractivity contribution in [1.29, 1.82) is 0 Å². The number of likely N-dealkylation sites (tertiary alicyclic amines) is 1. The van der Waals surface area contributed by atoms with E-state index in [1.165, 1.54) is 30.3 Å². The zero-order chi connectivity index (χ0) is 44.6. The van der Waals surface area contributed by atoms with Gasteiger partial charge in [-0.2, -0.15) is 0 Å². The number of benzene rings is 4.